The van der Waals surface area contributed by atoms with Gasteiger partial charge in [-0.1, -0.05) is 103 Å². The molecule has 0 aliphatic rings. The zero-order valence-electron chi connectivity index (χ0n) is 17.8. The number of rotatable bonds is 19. The van der Waals surface area contributed by atoms with Crippen molar-refractivity contribution in [2.75, 3.05) is 12.0 Å². The molecule has 0 aliphatic heterocycles. The molecule has 1 rings (SSSR count). The summed E-state index contributed by atoms with van der Waals surface area (Å²) in [5.41, 5.74) is 7.39. The van der Waals surface area contributed by atoms with Crippen LogP contribution >= 0.6 is 0 Å². The number of hydrogen-bond acceptors (Lipinski definition) is 3. The van der Waals surface area contributed by atoms with Crippen LogP contribution in [-0.4, -0.2) is 11.7 Å². The van der Waals surface area contributed by atoms with E-state index in [-0.39, 0.29) is 0 Å². The van der Waals surface area contributed by atoms with E-state index in [4.69, 9.17) is 0 Å². The lowest BCUT2D eigenvalue weighted by atomic mass is 10.0. The summed E-state index contributed by atoms with van der Waals surface area (Å²) in [7, 11) is 0. The van der Waals surface area contributed by atoms with Crippen molar-refractivity contribution >= 4 is 5.69 Å². The zero-order chi connectivity index (χ0) is 19.4. The molecule has 0 saturated heterocycles. The van der Waals surface area contributed by atoms with Crippen LogP contribution in [0.3, 0.4) is 0 Å². The van der Waals surface area contributed by atoms with Gasteiger partial charge in [-0.05, 0) is 30.7 Å². The van der Waals surface area contributed by atoms with Crippen molar-refractivity contribution in [2.24, 2.45) is 0 Å². The van der Waals surface area contributed by atoms with Crippen LogP contribution in [0.25, 0.3) is 0 Å². The van der Waals surface area contributed by atoms with Crippen LogP contribution in [0.1, 0.15) is 110 Å². The van der Waals surface area contributed by atoms with Crippen LogP contribution < -0.4 is 10.9 Å². The van der Waals surface area contributed by atoms with Gasteiger partial charge in [0.25, 0.3) is 0 Å². The number of hydrogen-bond donors (Lipinski definition) is 3. The van der Waals surface area contributed by atoms with Crippen molar-refractivity contribution in [3.05, 3.63) is 24.3 Å². The van der Waals surface area contributed by atoms with Crippen molar-refractivity contribution in [3.8, 4) is 5.75 Å². The van der Waals surface area contributed by atoms with Crippen LogP contribution in [0.2, 0.25) is 0 Å². The number of unbranched alkanes of at least 4 members (excludes halogenated alkanes) is 15. The van der Waals surface area contributed by atoms with E-state index < -0.39 is 0 Å². The zero-order valence-corrected chi connectivity index (χ0v) is 17.8. The van der Waals surface area contributed by atoms with Crippen molar-refractivity contribution in [3.63, 3.8) is 0 Å². The molecule has 3 N–H and O–H groups in total. The highest BCUT2D eigenvalue weighted by atomic mass is 16.3. The van der Waals surface area contributed by atoms with Crippen LogP contribution in [0.15, 0.2) is 24.3 Å². The Balaban J connectivity index is 1.71. The lowest BCUT2D eigenvalue weighted by Gasteiger charge is -2.08. The molecule has 0 aliphatic carbocycles. The van der Waals surface area contributed by atoms with Gasteiger partial charge in [0, 0.05) is 12.2 Å². The van der Waals surface area contributed by atoms with Crippen molar-refractivity contribution < 1.29 is 5.11 Å². The van der Waals surface area contributed by atoms with Crippen LogP contribution in [0.5, 0.6) is 5.75 Å². The van der Waals surface area contributed by atoms with E-state index in [9.17, 15) is 5.11 Å². The van der Waals surface area contributed by atoms with Crippen LogP contribution in [0, 0.1) is 0 Å². The van der Waals surface area contributed by atoms with Gasteiger partial charge in [-0.3, -0.25) is 0 Å². The Morgan fingerprint density at radius 3 is 1.44 bits per heavy atom. The average Bonchev–Trinajstić information content (AvgIpc) is 2.68. The number of benzene rings is 1. The first kappa shape index (κ1) is 23.8. The van der Waals surface area contributed by atoms with E-state index in [1.54, 1.807) is 12.1 Å². The number of nitrogens with one attached hydrogen (secondary N) is 2. The van der Waals surface area contributed by atoms with Crippen molar-refractivity contribution in [1.82, 2.24) is 5.43 Å². The van der Waals surface area contributed by atoms with E-state index in [0.29, 0.717) is 5.75 Å². The molecular formula is C24H44N2O. The molecule has 0 amide bonds. The number of phenols is 1. The summed E-state index contributed by atoms with van der Waals surface area (Å²) in [6, 6.07) is 7.13. The molecule has 1 aromatic rings. The maximum atomic E-state index is 9.24. The maximum Gasteiger partial charge on any atom is 0.115 e. The van der Waals surface area contributed by atoms with Gasteiger partial charge < -0.3 is 10.5 Å². The molecule has 3 nitrogen and oxygen atoms in total. The minimum Gasteiger partial charge on any atom is -0.508 e. The summed E-state index contributed by atoms with van der Waals surface area (Å²) in [4.78, 5) is 0. The number of hydrazine groups is 1. The molecule has 0 unspecified atom stereocenters. The van der Waals surface area contributed by atoms with Gasteiger partial charge >= 0.3 is 0 Å². The second-order valence-corrected chi connectivity index (χ2v) is 7.90. The highest BCUT2D eigenvalue weighted by Gasteiger charge is 1.95. The topological polar surface area (TPSA) is 44.3 Å². The number of phenolic OH excluding ortho intramolecular Hbond substituents is 1. The Kier molecular flexibility index (Phi) is 16.0. The number of anilines is 1. The fraction of sp³-hybridized carbons (Fsp3) is 0.750. The van der Waals surface area contributed by atoms with E-state index >= 15 is 0 Å². The second kappa shape index (κ2) is 18.2. The number of aromatic hydroxyl groups is 1. The maximum absolute atomic E-state index is 9.24. The predicted molar refractivity (Wildman–Crippen MR) is 119 cm³/mol. The monoisotopic (exact) mass is 376 g/mol. The summed E-state index contributed by atoms with van der Waals surface area (Å²) in [6.07, 6.45) is 22.5. The third-order valence-electron chi connectivity index (χ3n) is 5.26. The molecular weight excluding hydrogens is 332 g/mol. The molecule has 156 valence electrons. The molecule has 1 aromatic carbocycles. The highest BCUT2D eigenvalue weighted by Crippen LogP contribution is 2.14. The van der Waals surface area contributed by atoms with E-state index in [1.807, 2.05) is 12.1 Å². The fourth-order valence-electron chi connectivity index (χ4n) is 3.47. The van der Waals surface area contributed by atoms with Gasteiger partial charge in [-0.25, -0.2) is 5.43 Å². The fourth-order valence-corrected chi connectivity index (χ4v) is 3.47. The highest BCUT2D eigenvalue weighted by molar-refractivity contribution is 5.44. The first-order chi connectivity index (χ1) is 13.3. The molecule has 0 heterocycles. The van der Waals surface area contributed by atoms with Crippen LogP contribution in [0.4, 0.5) is 5.69 Å². The van der Waals surface area contributed by atoms with Crippen molar-refractivity contribution in [1.29, 1.82) is 0 Å². The third-order valence-corrected chi connectivity index (χ3v) is 5.26. The van der Waals surface area contributed by atoms with Gasteiger partial charge in [0.2, 0.25) is 0 Å². The minimum atomic E-state index is 0.304. The van der Waals surface area contributed by atoms with Gasteiger partial charge in [-0.2, -0.15) is 0 Å². The second-order valence-electron chi connectivity index (χ2n) is 7.90. The molecule has 0 saturated carbocycles. The molecule has 3 heteroatoms. The largest absolute Gasteiger partial charge is 0.508 e. The molecule has 0 bridgehead atoms. The van der Waals surface area contributed by atoms with Crippen LogP contribution in [-0.2, 0) is 0 Å². The summed E-state index contributed by atoms with van der Waals surface area (Å²) in [6.45, 7) is 3.27. The molecule has 0 aromatic heterocycles. The van der Waals surface area contributed by atoms with E-state index in [2.05, 4.69) is 17.8 Å². The summed E-state index contributed by atoms with van der Waals surface area (Å²) in [5, 5.41) is 9.24. The summed E-state index contributed by atoms with van der Waals surface area (Å²) >= 11 is 0. The Bertz CT molecular complexity index is 419. The first-order valence-corrected chi connectivity index (χ1v) is 11.6. The van der Waals surface area contributed by atoms with Gasteiger partial charge in [0.1, 0.15) is 5.75 Å². The molecule has 27 heavy (non-hydrogen) atoms. The van der Waals surface area contributed by atoms with Gasteiger partial charge in [-0.15, -0.1) is 0 Å². The smallest absolute Gasteiger partial charge is 0.115 e. The quantitative estimate of drug-likeness (QED) is 0.132. The van der Waals surface area contributed by atoms with E-state index in [0.717, 1.165) is 12.2 Å². The Morgan fingerprint density at radius 2 is 1.00 bits per heavy atom. The minimum absolute atomic E-state index is 0.304. The SMILES string of the molecule is CCCCCCCCCCCCCCCCCCNNc1ccc(O)cc1. The summed E-state index contributed by atoms with van der Waals surface area (Å²) < 4.78 is 0. The average molecular weight is 377 g/mol. The van der Waals surface area contributed by atoms with Gasteiger partial charge in [0.05, 0.1) is 0 Å². The Morgan fingerprint density at radius 1 is 0.593 bits per heavy atom. The molecule has 0 fully saturated rings. The third kappa shape index (κ3) is 15.5. The van der Waals surface area contributed by atoms with Crippen molar-refractivity contribution in [2.45, 2.75) is 110 Å². The van der Waals surface area contributed by atoms with E-state index in [1.165, 1.54) is 103 Å². The first-order valence-electron chi connectivity index (χ1n) is 11.6. The lowest BCUT2D eigenvalue weighted by molar-refractivity contribution is 0.475. The molecule has 0 spiro atoms. The standard InChI is InChI=1S/C24H44N2O/c1-2-3-4-5-6-7-8-9-10-11-12-13-14-15-16-17-22-25-26-23-18-20-24(27)21-19-23/h18-21,25-27H,2-17,22H2,1H3. The summed E-state index contributed by atoms with van der Waals surface area (Å²) in [5.74, 6) is 0.304. The lowest BCUT2D eigenvalue weighted by Crippen LogP contribution is -2.22. The predicted octanol–water partition coefficient (Wildman–Crippen LogP) is 7.57. The molecule has 0 atom stereocenters. The van der Waals surface area contributed by atoms with Gasteiger partial charge in [0.15, 0.2) is 0 Å². The Labute approximate surface area is 168 Å². The Hall–Kier alpha value is -1.22. The normalized spacial score (nSPS) is 11.0. The molecule has 0 radical (unpaired) electrons.